The van der Waals surface area contributed by atoms with E-state index in [2.05, 4.69) is 24.1 Å². The fraction of sp³-hybridized carbons (Fsp3) is 0.346. The number of carbonyl (C=O) groups excluding carboxylic acids is 2. The molecule has 1 amide bonds. The van der Waals surface area contributed by atoms with Gasteiger partial charge in [0, 0.05) is 47.9 Å². The largest absolute Gasteiger partial charge is 0.449 e. The second kappa shape index (κ2) is 9.09. The van der Waals surface area contributed by atoms with Gasteiger partial charge in [-0.15, -0.1) is 0 Å². The topological polar surface area (TPSA) is 71.5 Å². The van der Waals surface area contributed by atoms with Crippen molar-refractivity contribution in [2.75, 3.05) is 11.9 Å². The summed E-state index contributed by atoms with van der Waals surface area (Å²) in [7, 11) is 0. The van der Waals surface area contributed by atoms with Crippen LogP contribution in [-0.2, 0) is 22.5 Å². The number of aromatic nitrogens is 1. The maximum absolute atomic E-state index is 13.4. The van der Waals surface area contributed by atoms with E-state index < -0.39 is 12.1 Å². The number of hydrogen-bond acceptors (Lipinski definition) is 5. The molecule has 6 nitrogen and oxygen atoms in total. The third kappa shape index (κ3) is 4.50. The standard InChI is InChI=1S/C26H29N3O3/c1-16(2)29-14-13-23-21(15-29)24(20-7-5-6-8-22(20)28-23)26(31)32-18(4)25(30)27-19-11-9-17(3)10-12-19/h5-12,16,18H,13-15H2,1-4H3,(H,27,30). The Labute approximate surface area is 188 Å². The highest BCUT2D eigenvalue weighted by molar-refractivity contribution is 6.06. The van der Waals surface area contributed by atoms with E-state index in [9.17, 15) is 9.59 Å². The van der Waals surface area contributed by atoms with Crippen molar-refractivity contribution < 1.29 is 14.3 Å². The lowest BCUT2D eigenvalue weighted by atomic mass is 9.95. The van der Waals surface area contributed by atoms with Crippen LogP contribution in [0.5, 0.6) is 0 Å². The van der Waals surface area contributed by atoms with E-state index in [1.807, 2.05) is 55.5 Å². The molecular weight excluding hydrogens is 402 g/mol. The highest BCUT2D eigenvalue weighted by Gasteiger charge is 2.29. The number of rotatable bonds is 5. The predicted molar refractivity (Wildman–Crippen MR) is 126 cm³/mol. The third-order valence-electron chi connectivity index (χ3n) is 5.98. The number of carbonyl (C=O) groups is 2. The third-order valence-corrected chi connectivity index (χ3v) is 5.98. The number of pyridine rings is 1. The Morgan fingerprint density at radius 2 is 1.78 bits per heavy atom. The molecule has 3 aromatic rings. The van der Waals surface area contributed by atoms with E-state index in [-0.39, 0.29) is 5.91 Å². The van der Waals surface area contributed by atoms with Gasteiger partial charge in [-0.3, -0.25) is 14.7 Å². The fourth-order valence-corrected chi connectivity index (χ4v) is 4.04. The molecule has 0 bridgehead atoms. The first-order valence-corrected chi connectivity index (χ1v) is 11.1. The van der Waals surface area contributed by atoms with Crippen LogP contribution in [0.15, 0.2) is 48.5 Å². The van der Waals surface area contributed by atoms with Gasteiger partial charge >= 0.3 is 5.97 Å². The van der Waals surface area contributed by atoms with Crippen LogP contribution < -0.4 is 5.32 Å². The SMILES string of the molecule is Cc1ccc(NC(=O)C(C)OC(=O)c2c3c(nc4ccccc24)CCN(C(C)C)C3)cc1. The van der Waals surface area contributed by atoms with Crippen molar-refractivity contribution in [1.82, 2.24) is 9.88 Å². The Morgan fingerprint density at radius 1 is 1.06 bits per heavy atom. The van der Waals surface area contributed by atoms with Gasteiger partial charge in [0.1, 0.15) is 0 Å². The van der Waals surface area contributed by atoms with Crippen LogP contribution in [0.25, 0.3) is 10.9 Å². The van der Waals surface area contributed by atoms with E-state index in [1.165, 1.54) is 0 Å². The number of nitrogens with zero attached hydrogens (tertiary/aromatic N) is 2. The van der Waals surface area contributed by atoms with Crippen molar-refractivity contribution in [3.63, 3.8) is 0 Å². The lowest BCUT2D eigenvalue weighted by Gasteiger charge is -2.32. The molecule has 1 aliphatic heterocycles. The molecule has 32 heavy (non-hydrogen) atoms. The van der Waals surface area contributed by atoms with Crippen molar-refractivity contribution in [3.8, 4) is 0 Å². The molecule has 0 fully saturated rings. The number of hydrogen-bond donors (Lipinski definition) is 1. The van der Waals surface area contributed by atoms with Gasteiger partial charge in [0.05, 0.1) is 11.1 Å². The number of para-hydroxylation sites is 1. The zero-order valence-electron chi connectivity index (χ0n) is 19.0. The molecule has 0 saturated carbocycles. The molecule has 0 aliphatic carbocycles. The summed E-state index contributed by atoms with van der Waals surface area (Å²) >= 11 is 0. The van der Waals surface area contributed by atoms with Crippen LogP contribution in [0.3, 0.4) is 0 Å². The number of ether oxygens (including phenoxy) is 1. The van der Waals surface area contributed by atoms with E-state index >= 15 is 0 Å². The minimum Gasteiger partial charge on any atom is -0.449 e. The quantitative estimate of drug-likeness (QED) is 0.603. The predicted octanol–water partition coefficient (Wildman–Crippen LogP) is 4.49. The minimum absolute atomic E-state index is 0.359. The summed E-state index contributed by atoms with van der Waals surface area (Å²) in [5.41, 5.74) is 4.90. The van der Waals surface area contributed by atoms with Gasteiger partial charge in [-0.25, -0.2) is 4.79 Å². The Hall–Kier alpha value is -3.25. The first-order valence-electron chi connectivity index (χ1n) is 11.1. The molecule has 1 N–H and O–H groups in total. The molecule has 1 atom stereocenters. The summed E-state index contributed by atoms with van der Waals surface area (Å²) in [5.74, 6) is -0.852. The minimum atomic E-state index is -0.934. The molecule has 4 rings (SSSR count). The van der Waals surface area contributed by atoms with Crippen molar-refractivity contribution >= 4 is 28.5 Å². The van der Waals surface area contributed by atoms with Crippen LogP contribution in [0.4, 0.5) is 5.69 Å². The normalized spacial score (nSPS) is 14.8. The molecule has 1 unspecified atom stereocenters. The van der Waals surface area contributed by atoms with Gasteiger partial charge in [0.15, 0.2) is 6.10 Å². The molecule has 1 aromatic heterocycles. The number of fused-ring (bicyclic) bond motifs is 2. The maximum atomic E-state index is 13.4. The van der Waals surface area contributed by atoms with E-state index in [0.717, 1.165) is 40.7 Å². The second-order valence-electron chi connectivity index (χ2n) is 8.65. The zero-order valence-corrected chi connectivity index (χ0v) is 19.0. The number of anilines is 1. The molecule has 0 spiro atoms. The molecule has 166 valence electrons. The summed E-state index contributed by atoms with van der Waals surface area (Å²) in [4.78, 5) is 33.2. The van der Waals surface area contributed by atoms with Gasteiger partial charge in [0.2, 0.25) is 0 Å². The molecule has 2 aromatic carbocycles. The van der Waals surface area contributed by atoms with Crippen molar-refractivity contribution in [2.45, 2.75) is 52.8 Å². The number of amides is 1. The highest BCUT2D eigenvalue weighted by atomic mass is 16.5. The van der Waals surface area contributed by atoms with Gasteiger partial charge < -0.3 is 10.1 Å². The van der Waals surface area contributed by atoms with Crippen LogP contribution >= 0.6 is 0 Å². The lowest BCUT2D eigenvalue weighted by Crippen LogP contribution is -2.37. The van der Waals surface area contributed by atoms with Crippen molar-refractivity contribution in [2.24, 2.45) is 0 Å². The average Bonchev–Trinajstić information content (AvgIpc) is 2.78. The van der Waals surface area contributed by atoms with E-state index in [4.69, 9.17) is 9.72 Å². The maximum Gasteiger partial charge on any atom is 0.339 e. The van der Waals surface area contributed by atoms with Gasteiger partial charge in [-0.2, -0.15) is 0 Å². The first kappa shape index (κ1) is 22.0. The molecule has 1 aliphatic rings. The van der Waals surface area contributed by atoms with Crippen LogP contribution in [0.2, 0.25) is 0 Å². The van der Waals surface area contributed by atoms with Gasteiger partial charge in [-0.05, 0) is 45.9 Å². The van der Waals surface area contributed by atoms with Crippen molar-refractivity contribution in [3.05, 3.63) is 70.9 Å². The Kier molecular flexibility index (Phi) is 6.24. The molecule has 0 saturated heterocycles. The Bertz CT molecular complexity index is 1150. The number of nitrogens with one attached hydrogen (secondary N) is 1. The van der Waals surface area contributed by atoms with Gasteiger partial charge in [0.25, 0.3) is 5.91 Å². The van der Waals surface area contributed by atoms with Gasteiger partial charge in [-0.1, -0.05) is 35.9 Å². The smallest absolute Gasteiger partial charge is 0.339 e. The summed E-state index contributed by atoms with van der Waals surface area (Å²) in [5, 5.41) is 3.57. The summed E-state index contributed by atoms with van der Waals surface area (Å²) in [6, 6.07) is 15.5. The number of aryl methyl sites for hydroxylation is 1. The monoisotopic (exact) mass is 431 g/mol. The van der Waals surface area contributed by atoms with Crippen LogP contribution in [0.1, 0.15) is 48.0 Å². The molecular formula is C26H29N3O3. The summed E-state index contributed by atoms with van der Waals surface area (Å²) < 4.78 is 5.67. The van der Waals surface area contributed by atoms with Crippen LogP contribution in [-0.4, -0.2) is 40.5 Å². The lowest BCUT2D eigenvalue weighted by molar-refractivity contribution is -0.123. The summed E-state index contributed by atoms with van der Waals surface area (Å²) in [6.45, 7) is 9.41. The molecule has 6 heteroatoms. The fourth-order valence-electron chi connectivity index (χ4n) is 4.04. The first-order chi connectivity index (χ1) is 15.3. The van der Waals surface area contributed by atoms with Crippen LogP contribution in [0, 0.1) is 6.92 Å². The van der Waals surface area contributed by atoms with E-state index in [1.54, 1.807) is 6.92 Å². The Balaban J connectivity index is 1.62. The average molecular weight is 432 g/mol. The Morgan fingerprint density at radius 3 is 2.50 bits per heavy atom. The van der Waals surface area contributed by atoms with Crippen molar-refractivity contribution in [1.29, 1.82) is 0 Å². The molecule has 2 heterocycles. The molecule has 0 radical (unpaired) electrons. The number of benzene rings is 2. The highest BCUT2D eigenvalue weighted by Crippen LogP contribution is 2.29. The number of esters is 1. The van der Waals surface area contributed by atoms with E-state index in [0.29, 0.717) is 23.8 Å². The second-order valence-corrected chi connectivity index (χ2v) is 8.65. The zero-order chi connectivity index (χ0) is 22.8. The summed E-state index contributed by atoms with van der Waals surface area (Å²) in [6.07, 6.45) is -0.154.